The third-order valence-corrected chi connectivity index (χ3v) is 4.57. The number of nitrogens with zero attached hydrogens (tertiary/aromatic N) is 3. The Kier molecular flexibility index (Phi) is 7.11. The summed E-state index contributed by atoms with van der Waals surface area (Å²) in [5.74, 6) is 0.535. The monoisotopic (exact) mass is 378 g/mol. The number of benzene rings is 1. The summed E-state index contributed by atoms with van der Waals surface area (Å²) in [6.45, 7) is 0.666. The Hall–Kier alpha value is -2.45. The van der Waals surface area contributed by atoms with Crippen LogP contribution in [0.25, 0.3) is 0 Å². The molecule has 0 saturated heterocycles. The first-order valence-corrected chi connectivity index (χ1v) is 9.85. The lowest BCUT2D eigenvalue weighted by Gasteiger charge is -2.15. The Morgan fingerprint density at radius 2 is 2.00 bits per heavy atom. The number of hydrogen-bond acceptors (Lipinski definition) is 5. The highest BCUT2D eigenvalue weighted by Crippen LogP contribution is 2.26. The van der Waals surface area contributed by atoms with Crippen LogP contribution < -0.4 is 14.3 Å². The summed E-state index contributed by atoms with van der Waals surface area (Å²) in [5, 5.41) is 6.18. The van der Waals surface area contributed by atoms with Crippen LogP contribution >= 0.6 is 0 Å². The van der Waals surface area contributed by atoms with Gasteiger partial charge in [-0.15, -0.1) is 0 Å². The molecule has 1 aromatic heterocycles. The molecule has 0 spiro atoms. The summed E-state index contributed by atoms with van der Waals surface area (Å²) < 4.78 is 37.5. The summed E-state index contributed by atoms with van der Waals surface area (Å²) >= 11 is 0. The molecule has 0 aliphatic carbocycles. The van der Waals surface area contributed by atoms with Crippen LogP contribution in [0.2, 0.25) is 0 Å². The van der Waals surface area contributed by atoms with E-state index in [0.717, 1.165) is 17.0 Å². The second-order valence-corrected chi connectivity index (χ2v) is 7.38. The van der Waals surface area contributed by atoms with Crippen molar-refractivity contribution >= 4 is 22.0 Å². The van der Waals surface area contributed by atoms with E-state index in [-0.39, 0.29) is 5.75 Å². The number of anilines is 1. The predicted octanol–water partition coefficient (Wildman–Crippen LogP) is 2.12. The molecule has 0 amide bonds. The molecule has 1 aromatic carbocycles. The number of methoxy groups -OCH3 is 1. The predicted molar refractivity (Wildman–Crippen MR) is 101 cm³/mol. The minimum absolute atomic E-state index is 0.210. The number of rotatable bonds is 9. The largest absolute Gasteiger partial charge is 0.495 e. The van der Waals surface area contributed by atoms with E-state index >= 15 is 0 Å². The molecule has 2 rings (SSSR count). The number of ether oxygens (including phenoxy) is 1. The molecule has 1 N–H and O–H groups in total. The van der Waals surface area contributed by atoms with Crippen LogP contribution in [-0.4, -0.2) is 39.1 Å². The van der Waals surface area contributed by atoms with Crippen LogP contribution in [0.1, 0.15) is 18.4 Å². The van der Waals surface area contributed by atoms with E-state index in [4.69, 9.17) is 9.29 Å². The Bertz CT molecular complexity index is 853. The van der Waals surface area contributed by atoms with Gasteiger partial charge in [-0.2, -0.15) is 13.5 Å². The first kappa shape index (κ1) is 19.9. The average molecular weight is 378 g/mol. The standard InChI is InChI=1S/C18H23N3O4S/c1-20(17-9-3-4-10-18(17)25-2)19-14-16-8-7-12-21(15-16)11-5-6-13-26(22,23)24/h3-4,7-10,12,14-15H,5-6,11,13H2,1-2H3/p+1. The quantitative estimate of drug-likeness (QED) is 0.238. The number of pyridine rings is 1. The fraction of sp³-hybridized carbons (Fsp3) is 0.333. The van der Waals surface area contributed by atoms with Crippen LogP contribution in [0.5, 0.6) is 5.75 Å². The smallest absolute Gasteiger partial charge is 0.264 e. The molecular weight excluding hydrogens is 354 g/mol. The van der Waals surface area contributed by atoms with Crippen molar-refractivity contribution in [1.82, 2.24) is 0 Å². The second-order valence-electron chi connectivity index (χ2n) is 5.81. The zero-order valence-corrected chi connectivity index (χ0v) is 15.8. The second kappa shape index (κ2) is 9.30. The molecule has 2 aromatic rings. The van der Waals surface area contributed by atoms with E-state index in [1.54, 1.807) is 18.3 Å². The average Bonchev–Trinajstić information content (AvgIpc) is 2.63. The lowest BCUT2D eigenvalue weighted by atomic mass is 10.3. The summed E-state index contributed by atoms with van der Waals surface area (Å²) in [6, 6.07) is 11.5. The molecule has 26 heavy (non-hydrogen) atoms. The molecule has 0 aliphatic rings. The molecular formula is C18H24N3O4S+. The highest BCUT2D eigenvalue weighted by atomic mass is 32.2. The van der Waals surface area contributed by atoms with Crippen molar-refractivity contribution in [2.75, 3.05) is 24.9 Å². The summed E-state index contributed by atoms with van der Waals surface area (Å²) in [5.41, 5.74) is 1.78. The van der Waals surface area contributed by atoms with Gasteiger partial charge in [0.15, 0.2) is 12.4 Å². The zero-order valence-electron chi connectivity index (χ0n) is 14.9. The van der Waals surface area contributed by atoms with E-state index in [2.05, 4.69) is 5.10 Å². The van der Waals surface area contributed by atoms with Crippen molar-refractivity contribution in [3.05, 3.63) is 54.4 Å². The molecule has 0 aliphatic heterocycles. The Morgan fingerprint density at radius 3 is 2.73 bits per heavy atom. The molecule has 0 unspecified atom stereocenters. The van der Waals surface area contributed by atoms with Crippen molar-refractivity contribution in [3.8, 4) is 5.75 Å². The molecule has 1 heterocycles. The number of hydrogen-bond donors (Lipinski definition) is 1. The van der Waals surface area contributed by atoms with Crippen molar-refractivity contribution in [2.24, 2.45) is 5.10 Å². The summed E-state index contributed by atoms with van der Waals surface area (Å²) in [7, 11) is -0.412. The van der Waals surface area contributed by atoms with Crippen LogP contribution in [-0.2, 0) is 16.7 Å². The van der Waals surface area contributed by atoms with Gasteiger partial charge < -0.3 is 4.74 Å². The van der Waals surface area contributed by atoms with Gasteiger partial charge in [-0.3, -0.25) is 9.56 Å². The third-order valence-electron chi connectivity index (χ3n) is 3.76. The molecule has 0 radical (unpaired) electrons. The van der Waals surface area contributed by atoms with Crippen molar-refractivity contribution in [2.45, 2.75) is 19.4 Å². The molecule has 0 atom stereocenters. The number of aryl methyl sites for hydroxylation is 1. The minimum Gasteiger partial charge on any atom is -0.495 e. The van der Waals surface area contributed by atoms with Gasteiger partial charge in [0.05, 0.1) is 24.6 Å². The van der Waals surface area contributed by atoms with Gasteiger partial charge in [0.1, 0.15) is 18.0 Å². The molecule has 140 valence electrons. The minimum atomic E-state index is -3.88. The number of para-hydroxylation sites is 2. The molecule has 0 bridgehead atoms. The Morgan fingerprint density at radius 1 is 1.23 bits per heavy atom. The van der Waals surface area contributed by atoms with E-state index < -0.39 is 10.1 Å². The molecule has 0 fully saturated rings. The van der Waals surface area contributed by atoms with Crippen LogP contribution in [0, 0.1) is 0 Å². The maximum absolute atomic E-state index is 10.7. The van der Waals surface area contributed by atoms with Crippen molar-refractivity contribution < 1.29 is 22.3 Å². The van der Waals surface area contributed by atoms with Crippen molar-refractivity contribution in [1.29, 1.82) is 0 Å². The van der Waals surface area contributed by atoms with Gasteiger partial charge in [-0.05, 0) is 24.6 Å². The van der Waals surface area contributed by atoms with E-state index in [0.29, 0.717) is 19.4 Å². The number of hydrazone groups is 1. The van der Waals surface area contributed by atoms with E-state index in [1.807, 2.05) is 60.4 Å². The van der Waals surface area contributed by atoms with Gasteiger partial charge >= 0.3 is 0 Å². The van der Waals surface area contributed by atoms with Gasteiger partial charge in [-0.1, -0.05) is 12.1 Å². The Labute approximate surface area is 154 Å². The topological polar surface area (TPSA) is 83.1 Å². The normalized spacial score (nSPS) is 11.7. The maximum atomic E-state index is 10.7. The Balaban J connectivity index is 1.98. The van der Waals surface area contributed by atoms with E-state index in [9.17, 15) is 8.42 Å². The maximum Gasteiger partial charge on any atom is 0.264 e. The lowest BCUT2D eigenvalue weighted by molar-refractivity contribution is -0.697. The summed E-state index contributed by atoms with van der Waals surface area (Å²) in [4.78, 5) is 0. The van der Waals surface area contributed by atoms with Crippen LogP contribution in [0.4, 0.5) is 5.69 Å². The molecule has 7 nitrogen and oxygen atoms in total. The number of aromatic nitrogens is 1. The summed E-state index contributed by atoms with van der Waals surface area (Å²) in [6.07, 6.45) is 6.68. The van der Waals surface area contributed by atoms with Gasteiger partial charge in [0.25, 0.3) is 10.1 Å². The van der Waals surface area contributed by atoms with Gasteiger partial charge in [0, 0.05) is 19.5 Å². The first-order valence-electron chi connectivity index (χ1n) is 8.24. The zero-order chi connectivity index (χ0) is 19.0. The highest BCUT2D eigenvalue weighted by molar-refractivity contribution is 7.85. The number of unbranched alkanes of at least 4 members (excludes halogenated alkanes) is 1. The first-order chi connectivity index (χ1) is 12.4. The SMILES string of the molecule is COc1ccccc1N(C)N=Cc1ccc[n+](CCCCS(=O)(=O)O)c1. The molecule has 0 saturated carbocycles. The fourth-order valence-corrected chi connectivity index (χ4v) is 3.02. The lowest BCUT2D eigenvalue weighted by Crippen LogP contribution is -2.33. The van der Waals surface area contributed by atoms with E-state index in [1.165, 1.54) is 0 Å². The van der Waals surface area contributed by atoms with Crippen LogP contribution in [0.3, 0.4) is 0 Å². The fourth-order valence-electron chi connectivity index (χ4n) is 2.45. The highest BCUT2D eigenvalue weighted by Gasteiger charge is 2.08. The van der Waals surface area contributed by atoms with Crippen molar-refractivity contribution in [3.63, 3.8) is 0 Å². The third kappa shape index (κ3) is 6.45. The molecule has 8 heteroatoms. The van der Waals surface area contributed by atoms with Crippen LogP contribution in [0.15, 0.2) is 53.9 Å². The van der Waals surface area contributed by atoms with Gasteiger partial charge in [-0.25, -0.2) is 4.57 Å². The van der Waals surface area contributed by atoms with Gasteiger partial charge in [0.2, 0.25) is 0 Å².